The Bertz CT molecular complexity index is 343. The summed E-state index contributed by atoms with van der Waals surface area (Å²) in [4.78, 5) is 3.21. The molecule has 0 unspecified atom stereocenters. The molecule has 1 nitrogen and oxygen atoms in total. The molecule has 0 saturated heterocycles. The highest BCUT2D eigenvalue weighted by atomic mass is 14.6. The van der Waals surface area contributed by atoms with E-state index in [1.807, 2.05) is 6.20 Å². The summed E-state index contributed by atoms with van der Waals surface area (Å²) in [6.07, 6.45) is 6.70. The van der Waals surface area contributed by atoms with E-state index in [-0.39, 0.29) is 0 Å². The summed E-state index contributed by atoms with van der Waals surface area (Å²) in [6, 6.07) is 2.15. The van der Waals surface area contributed by atoms with Crippen molar-refractivity contribution in [1.29, 1.82) is 0 Å². The molecule has 0 saturated carbocycles. The van der Waals surface area contributed by atoms with E-state index in [1.54, 1.807) is 0 Å². The van der Waals surface area contributed by atoms with Gasteiger partial charge in [0.2, 0.25) is 0 Å². The van der Waals surface area contributed by atoms with Gasteiger partial charge >= 0.3 is 0 Å². The molecule has 2 rings (SSSR count). The summed E-state index contributed by atoms with van der Waals surface area (Å²) < 4.78 is 0. The minimum atomic E-state index is 1.19. The van der Waals surface area contributed by atoms with Crippen LogP contribution in [0.3, 0.4) is 0 Å². The van der Waals surface area contributed by atoms with E-state index >= 15 is 0 Å². The first-order chi connectivity index (χ1) is 4.88. The smallest absolute Gasteiger partial charge is 0.0412 e. The lowest BCUT2D eigenvalue weighted by Crippen LogP contribution is -2.26. The van der Waals surface area contributed by atoms with Gasteiger partial charge in [-0.15, -0.1) is 0 Å². The Morgan fingerprint density at radius 2 is 2.40 bits per heavy atom. The van der Waals surface area contributed by atoms with Gasteiger partial charge in [0, 0.05) is 11.5 Å². The van der Waals surface area contributed by atoms with Gasteiger partial charge in [0.1, 0.15) is 0 Å². The quantitative estimate of drug-likeness (QED) is 0.538. The lowest BCUT2D eigenvalue weighted by Gasteiger charge is -2.00. The Morgan fingerprint density at radius 3 is 3.20 bits per heavy atom. The topological polar surface area (TPSA) is 15.8 Å². The summed E-state index contributed by atoms with van der Waals surface area (Å²) >= 11 is 0. The van der Waals surface area contributed by atoms with Crippen molar-refractivity contribution in [1.82, 2.24) is 4.98 Å². The maximum Gasteiger partial charge on any atom is 0.0412 e. The Morgan fingerprint density at radius 1 is 1.50 bits per heavy atom. The highest BCUT2D eigenvalue weighted by Gasteiger charge is 1.98. The SMILES string of the molecule is CC1=c2cc[nH]c2=CCC1. The fraction of sp³-hybridized carbons (Fsp3) is 0.333. The summed E-state index contributed by atoms with van der Waals surface area (Å²) in [5.74, 6) is 0. The molecule has 0 spiro atoms. The number of nitrogens with one attached hydrogen (secondary N) is 1. The van der Waals surface area contributed by atoms with Crippen LogP contribution in [0.5, 0.6) is 0 Å². The molecule has 1 N–H and O–H groups in total. The standard InChI is InChI=1S/C9H11N/c1-7-3-2-4-9-8(7)5-6-10-9/h4-6,10H,2-3H2,1H3. The van der Waals surface area contributed by atoms with Crippen LogP contribution in [-0.2, 0) is 0 Å². The number of fused-ring (bicyclic) bond motifs is 1. The molecule has 0 amide bonds. The number of rotatable bonds is 0. The van der Waals surface area contributed by atoms with Crippen molar-refractivity contribution < 1.29 is 0 Å². The van der Waals surface area contributed by atoms with Gasteiger partial charge in [0.25, 0.3) is 0 Å². The third-order valence-corrected chi connectivity index (χ3v) is 2.11. The zero-order chi connectivity index (χ0) is 6.97. The third-order valence-electron chi connectivity index (χ3n) is 2.11. The number of hydrogen-bond donors (Lipinski definition) is 1. The first-order valence-corrected chi connectivity index (χ1v) is 3.71. The molecule has 1 heteroatoms. The number of H-pyrrole nitrogens is 1. The maximum absolute atomic E-state index is 3.21. The molecule has 1 aliphatic rings. The summed E-state index contributed by atoms with van der Waals surface area (Å²) in [6.45, 7) is 2.21. The second kappa shape index (κ2) is 2.01. The molecule has 0 aromatic carbocycles. The number of hydrogen-bond acceptors (Lipinski definition) is 0. The normalized spacial score (nSPS) is 16.3. The Hall–Kier alpha value is -0.980. The third kappa shape index (κ3) is 0.703. The maximum atomic E-state index is 3.21. The second-order valence-electron chi connectivity index (χ2n) is 2.83. The van der Waals surface area contributed by atoms with Gasteiger partial charge in [0.05, 0.1) is 0 Å². The molecule has 0 radical (unpaired) electrons. The van der Waals surface area contributed by atoms with Crippen molar-refractivity contribution in [3.05, 3.63) is 22.8 Å². The van der Waals surface area contributed by atoms with Crippen molar-refractivity contribution in [3.8, 4) is 0 Å². The van der Waals surface area contributed by atoms with E-state index in [9.17, 15) is 0 Å². The molecule has 0 bridgehead atoms. The van der Waals surface area contributed by atoms with Crippen LogP contribution >= 0.6 is 0 Å². The molecule has 10 heavy (non-hydrogen) atoms. The molecule has 0 fully saturated rings. The predicted molar refractivity (Wildman–Crippen MR) is 42.8 cm³/mol. The zero-order valence-electron chi connectivity index (χ0n) is 6.15. The van der Waals surface area contributed by atoms with E-state index < -0.39 is 0 Å². The highest BCUT2D eigenvalue weighted by Crippen LogP contribution is 2.04. The number of aromatic nitrogens is 1. The van der Waals surface area contributed by atoms with E-state index in [0.717, 1.165) is 0 Å². The summed E-state index contributed by atoms with van der Waals surface area (Å²) in [5.41, 5.74) is 1.51. The first kappa shape index (κ1) is 5.78. The van der Waals surface area contributed by atoms with Gasteiger partial charge in [-0.25, -0.2) is 0 Å². The van der Waals surface area contributed by atoms with E-state index in [1.165, 1.54) is 29.0 Å². The Labute approximate surface area is 60.1 Å². The van der Waals surface area contributed by atoms with Crippen LogP contribution in [0, 0.1) is 0 Å². The van der Waals surface area contributed by atoms with Gasteiger partial charge in [-0.05, 0) is 31.1 Å². The van der Waals surface area contributed by atoms with Gasteiger partial charge in [-0.3, -0.25) is 0 Å². The predicted octanol–water partition coefficient (Wildman–Crippen LogP) is 0.760. The Kier molecular flexibility index (Phi) is 1.16. The van der Waals surface area contributed by atoms with Crippen LogP contribution in [-0.4, -0.2) is 4.98 Å². The van der Waals surface area contributed by atoms with Crippen LogP contribution in [0.15, 0.2) is 12.3 Å². The van der Waals surface area contributed by atoms with Crippen molar-refractivity contribution in [2.24, 2.45) is 0 Å². The first-order valence-electron chi connectivity index (χ1n) is 3.71. The lowest BCUT2D eigenvalue weighted by atomic mass is 10.1. The Balaban J connectivity index is 2.91. The molecule has 0 aliphatic heterocycles. The van der Waals surface area contributed by atoms with Crippen molar-refractivity contribution in [3.63, 3.8) is 0 Å². The molecule has 1 aliphatic carbocycles. The van der Waals surface area contributed by atoms with Crippen molar-refractivity contribution >= 4 is 11.6 Å². The van der Waals surface area contributed by atoms with E-state index in [2.05, 4.69) is 24.1 Å². The van der Waals surface area contributed by atoms with Crippen LogP contribution in [0.4, 0.5) is 0 Å². The average molecular weight is 133 g/mol. The lowest BCUT2D eigenvalue weighted by molar-refractivity contribution is 1.05. The summed E-state index contributed by atoms with van der Waals surface area (Å²) in [7, 11) is 0. The molecular weight excluding hydrogens is 122 g/mol. The number of aromatic amines is 1. The molecule has 1 aromatic rings. The van der Waals surface area contributed by atoms with E-state index in [0.29, 0.717) is 0 Å². The fourth-order valence-corrected chi connectivity index (χ4v) is 1.49. The molecule has 1 aromatic heterocycles. The second-order valence-corrected chi connectivity index (χ2v) is 2.83. The van der Waals surface area contributed by atoms with Gasteiger partial charge in [-0.1, -0.05) is 11.6 Å². The van der Waals surface area contributed by atoms with Crippen molar-refractivity contribution in [2.75, 3.05) is 0 Å². The fourth-order valence-electron chi connectivity index (χ4n) is 1.49. The molecule has 52 valence electrons. The molecular formula is C9H11N. The molecule has 0 atom stereocenters. The highest BCUT2D eigenvalue weighted by molar-refractivity contribution is 5.47. The van der Waals surface area contributed by atoms with E-state index in [4.69, 9.17) is 0 Å². The minimum Gasteiger partial charge on any atom is -0.361 e. The minimum absolute atomic E-state index is 1.19. The average Bonchev–Trinajstić information content (AvgIpc) is 2.36. The van der Waals surface area contributed by atoms with Crippen LogP contribution in [0.2, 0.25) is 0 Å². The van der Waals surface area contributed by atoms with Crippen molar-refractivity contribution in [2.45, 2.75) is 19.8 Å². The van der Waals surface area contributed by atoms with Crippen LogP contribution in [0.25, 0.3) is 11.6 Å². The molecule has 1 heterocycles. The monoisotopic (exact) mass is 133 g/mol. The van der Waals surface area contributed by atoms with Crippen LogP contribution in [0.1, 0.15) is 19.8 Å². The van der Waals surface area contributed by atoms with Gasteiger partial charge in [-0.2, -0.15) is 0 Å². The van der Waals surface area contributed by atoms with Crippen LogP contribution < -0.4 is 10.6 Å². The van der Waals surface area contributed by atoms with Gasteiger partial charge < -0.3 is 4.98 Å². The summed E-state index contributed by atoms with van der Waals surface area (Å²) in [5, 5.41) is 2.72. The largest absolute Gasteiger partial charge is 0.361 e. The zero-order valence-corrected chi connectivity index (χ0v) is 6.15. The van der Waals surface area contributed by atoms with Gasteiger partial charge in [0.15, 0.2) is 0 Å².